The average Bonchev–Trinajstić information content (AvgIpc) is 2.46. The number of H-pyrrole nitrogens is 1. The minimum atomic E-state index is -4.67. The Hall–Kier alpha value is -1.16. The summed E-state index contributed by atoms with van der Waals surface area (Å²) in [6.45, 7) is 1.55. The third kappa shape index (κ3) is 4.25. The number of fused-ring (bicyclic) bond motifs is 1. The van der Waals surface area contributed by atoms with Crippen molar-refractivity contribution in [3.63, 3.8) is 0 Å². The van der Waals surface area contributed by atoms with Gasteiger partial charge in [0.1, 0.15) is 0 Å². The smallest absolute Gasteiger partial charge is 0.382 e. The van der Waals surface area contributed by atoms with Gasteiger partial charge in [-0.1, -0.05) is 0 Å². The van der Waals surface area contributed by atoms with Gasteiger partial charge in [0.25, 0.3) is 5.56 Å². The summed E-state index contributed by atoms with van der Waals surface area (Å²) in [5, 5.41) is 5.41. The predicted molar refractivity (Wildman–Crippen MR) is 48.9 cm³/mol. The third-order valence-corrected chi connectivity index (χ3v) is 1.71. The van der Waals surface area contributed by atoms with Crippen molar-refractivity contribution in [1.29, 1.82) is 0 Å². The Morgan fingerprint density at radius 2 is 1.93 bits per heavy atom. The molecule has 0 radical (unpaired) electrons. The number of rotatable bonds is 0. The van der Waals surface area contributed by atoms with Crippen molar-refractivity contribution in [3.8, 4) is 0 Å². The zero-order valence-electron chi connectivity index (χ0n) is 7.56. The molecule has 0 amide bonds. The van der Waals surface area contributed by atoms with Gasteiger partial charge in [0.15, 0.2) is 5.76 Å². The topological polar surface area (TPSA) is 133 Å². The molecule has 0 unspecified atom stereocenters. The number of hydrogen-bond acceptors (Lipinski definition) is 5. The molecule has 1 aliphatic heterocycles. The summed E-state index contributed by atoms with van der Waals surface area (Å²) >= 11 is 0. The molecule has 0 atom stereocenters. The van der Waals surface area contributed by atoms with Gasteiger partial charge < -0.3 is 9.84 Å². The molecule has 1 aliphatic rings. The molecule has 86 valence electrons. The van der Waals surface area contributed by atoms with Crippen molar-refractivity contribution in [2.75, 3.05) is 6.54 Å². The molecule has 0 bridgehead atoms. The molecule has 0 saturated heterocycles. The Balaban J connectivity index is 0.000000195. The van der Waals surface area contributed by atoms with Crippen LogP contribution in [0.1, 0.15) is 11.3 Å². The Kier molecular flexibility index (Phi) is 3.63. The number of nitrogens with one attached hydrogen (secondary N) is 2. The Morgan fingerprint density at radius 1 is 1.33 bits per heavy atom. The summed E-state index contributed by atoms with van der Waals surface area (Å²) in [6.07, 6.45) is 0.779. The van der Waals surface area contributed by atoms with Crippen molar-refractivity contribution in [2.45, 2.75) is 13.0 Å². The predicted octanol–water partition coefficient (Wildman–Crippen LogP) is -1.04. The van der Waals surface area contributed by atoms with Crippen LogP contribution in [-0.4, -0.2) is 29.2 Å². The molecule has 2 heterocycles. The average molecular weight is 238 g/mol. The van der Waals surface area contributed by atoms with Gasteiger partial charge in [0, 0.05) is 0 Å². The quantitative estimate of drug-likeness (QED) is 0.424. The summed E-state index contributed by atoms with van der Waals surface area (Å²) in [6, 6.07) is 0. The molecule has 15 heavy (non-hydrogen) atoms. The van der Waals surface area contributed by atoms with E-state index in [0.29, 0.717) is 6.54 Å². The molecule has 0 aliphatic carbocycles. The lowest BCUT2D eigenvalue weighted by Crippen LogP contribution is -2.25. The molecule has 8 nitrogen and oxygen atoms in total. The van der Waals surface area contributed by atoms with Crippen LogP contribution in [0.3, 0.4) is 0 Å². The van der Waals surface area contributed by atoms with E-state index in [-0.39, 0.29) is 5.56 Å². The summed E-state index contributed by atoms with van der Waals surface area (Å²) in [4.78, 5) is 10.9. The van der Waals surface area contributed by atoms with Crippen molar-refractivity contribution in [3.05, 3.63) is 21.7 Å². The lowest BCUT2D eigenvalue weighted by molar-refractivity contribution is 0.362. The summed E-state index contributed by atoms with van der Waals surface area (Å²) in [5.41, 5.74) is 0.732. The maximum Gasteiger partial charge on any atom is 0.394 e. The minimum absolute atomic E-state index is 0.0727. The van der Waals surface area contributed by atoms with Crippen LogP contribution in [0, 0.1) is 0 Å². The first-order valence-electron chi connectivity index (χ1n) is 3.98. The van der Waals surface area contributed by atoms with Crippen molar-refractivity contribution in [1.82, 2.24) is 10.5 Å². The normalized spacial score (nSPS) is 15.1. The maximum absolute atomic E-state index is 10.9. The van der Waals surface area contributed by atoms with Crippen molar-refractivity contribution < 1.29 is 22.0 Å². The first-order chi connectivity index (χ1) is 6.88. The standard InChI is InChI=1S/C6H8N2O2.H2O4S/c9-6-4-1-2-7-3-5(4)10-8-6;1-5(2,3)4/h7H,1-3H2,(H,8,9);(H2,1,2,3,4). The highest BCUT2D eigenvalue weighted by atomic mass is 32.3. The van der Waals surface area contributed by atoms with Crippen LogP contribution in [0.2, 0.25) is 0 Å². The van der Waals surface area contributed by atoms with Gasteiger partial charge in [-0.25, -0.2) is 0 Å². The van der Waals surface area contributed by atoms with E-state index < -0.39 is 10.4 Å². The third-order valence-electron chi connectivity index (χ3n) is 1.71. The van der Waals surface area contributed by atoms with Gasteiger partial charge >= 0.3 is 10.4 Å². The first kappa shape index (κ1) is 11.9. The highest BCUT2D eigenvalue weighted by Gasteiger charge is 2.15. The van der Waals surface area contributed by atoms with Gasteiger partial charge in [0.05, 0.1) is 12.1 Å². The number of aromatic nitrogens is 1. The molecule has 0 spiro atoms. The molecule has 0 aromatic carbocycles. The van der Waals surface area contributed by atoms with Crippen LogP contribution in [0.5, 0.6) is 0 Å². The number of aromatic amines is 1. The molecule has 0 fully saturated rings. The molecule has 1 aromatic rings. The van der Waals surface area contributed by atoms with Crippen LogP contribution < -0.4 is 10.9 Å². The summed E-state index contributed by atoms with van der Waals surface area (Å²) in [5.74, 6) is 0.760. The first-order valence-corrected chi connectivity index (χ1v) is 5.37. The van der Waals surface area contributed by atoms with Crippen LogP contribution in [0.25, 0.3) is 0 Å². The fourth-order valence-corrected chi connectivity index (χ4v) is 1.17. The molecular weight excluding hydrogens is 228 g/mol. The molecular formula is C6H10N2O6S. The van der Waals surface area contributed by atoms with E-state index in [1.54, 1.807) is 0 Å². The second-order valence-electron chi connectivity index (χ2n) is 2.81. The van der Waals surface area contributed by atoms with E-state index in [1.807, 2.05) is 0 Å². The van der Waals surface area contributed by atoms with Crippen LogP contribution in [0.15, 0.2) is 9.32 Å². The largest absolute Gasteiger partial charge is 0.394 e. The van der Waals surface area contributed by atoms with Crippen LogP contribution in [0.4, 0.5) is 0 Å². The Bertz CT molecular complexity index is 464. The zero-order chi connectivity index (χ0) is 11.5. The molecule has 9 heteroatoms. The zero-order valence-corrected chi connectivity index (χ0v) is 8.37. The monoisotopic (exact) mass is 238 g/mol. The second-order valence-corrected chi connectivity index (χ2v) is 3.71. The van der Waals surface area contributed by atoms with E-state index in [4.69, 9.17) is 22.0 Å². The van der Waals surface area contributed by atoms with E-state index in [1.165, 1.54) is 0 Å². The summed E-state index contributed by atoms with van der Waals surface area (Å²) in [7, 11) is -4.67. The maximum atomic E-state index is 10.9. The highest BCUT2D eigenvalue weighted by Crippen LogP contribution is 2.06. The van der Waals surface area contributed by atoms with E-state index >= 15 is 0 Å². The van der Waals surface area contributed by atoms with Gasteiger partial charge in [-0.2, -0.15) is 13.6 Å². The van der Waals surface area contributed by atoms with E-state index in [9.17, 15) is 4.79 Å². The van der Waals surface area contributed by atoms with Gasteiger partial charge in [-0.3, -0.25) is 13.9 Å². The fraction of sp³-hybridized carbons (Fsp3) is 0.500. The van der Waals surface area contributed by atoms with Gasteiger partial charge in [0.2, 0.25) is 0 Å². The van der Waals surface area contributed by atoms with Crippen molar-refractivity contribution >= 4 is 10.4 Å². The lowest BCUT2D eigenvalue weighted by atomic mass is 10.1. The SMILES string of the molecule is O=S(=O)(O)O.O=c1[nH]oc2c1CCNC2. The van der Waals surface area contributed by atoms with Crippen molar-refractivity contribution in [2.24, 2.45) is 0 Å². The Labute approximate surface area is 84.8 Å². The molecule has 4 N–H and O–H groups in total. The fourth-order valence-electron chi connectivity index (χ4n) is 1.17. The highest BCUT2D eigenvalue weighted by molar-refractivity contribution is 7.79. The number of hydrogen-bond donors (Lipinski definition) is 4. The lowest BCUT2D eigenvalue weighted by Gasteiger charge is -2.07. The van der Waals surface area contributed by atoms with Gasteiger partial charge in [-0.05, 0) is 13.0 Å². The van der Waals surface area contributed by atoms with Gasteiger partial charge in [-0.15, -0.1) is 0 Å². The minimum Gasteiger partial charge on any atom is -0.382 e. The molecule has 2 rings (SSSR count). The summed E-state index contributed by atoms with van der Waals surface area (Å²) < 4.78 is 36.5. The molecule has 1 aromatic heterocycles. The van der Waals surface area contributed by atoms with Crippen LogP contribution >= 0.6 is 0 Å². The van der Waals surface area contributed by atoms with E-state index in [0.717, 1.165) is 24.3 Å². The second kappa shape index (κ2) is 4.57. The molecule has 0 saturated carbocycles. The van der Waals surface area contributed by atoms with E-state index in [2.05, 4.69) is 10.5 Å². The Morgan fingerprint density at radius 3 is 2.47 bits per heavy atom. The van der Waals surface area contributed by atoms with Crippen LogP contribution in [-0.2, 0) is 23.4 Å².